The molecule has 2 heterocycles. The molecule has 1 unspecified atom stereocenters. The lowest BCUT2D eigenvalue weighted by Gasteiger charge is -2.24. The van der Waals surface area contributed by atoms with Gasteiger partial charge in [-0.1, -0.05) is 42.5 Å². The molecule has 9 nitrogen and oxygen atoms in total. The Morgan fingerprint density at radius 2 is 1.87 bits per heavy atom. The zero-order valence-electron chi connectivity index (χ0n) is 21.1. The van der Waals surface area contributed by atoms with Crippen molar-refractivity contribution >= 4 is 40.2 Å². The molecule has 1 aliphatic rings. The Balaban J connectivity index is 1.34. The molecule has 0 saturated heterocycles. The molecule has 5 rings (SSSR count). The number of fused-ring (bicyclic) bond motifs is 2. The number of rotatable bonds is 8. The number of aromatic amines is 1. The number of H-pyrrole nitrogens is 1. The summed E-state index contributed by atoms with van der Waals surface area (Å²) in [5.41, 5.74) is 4.35. The van der Waals surface area contributed by atoms with Gasteiger partial charge in [-0.25, -0.2) is 4.98 Å². The number of nitrogens with zero attached hydrogens (tertiary/aromatic N) is 2. The molecule has 3 aromatic carbocycles. The highest BCUT2D eigenvalue weighted by molar-refractivity contribution is 6.02. The number of ether oxygens (including phenoxy) is 1. The molecule has 1 aliphatic heterocycles. The molecule has 0 aliphatic carbocycles. The van der Waals surface area contributed by atoms with Crippen LogP contribution in [-0.2, 0) is 27.2 Å². The van der Waals surface area contributed by atoms with Gasteiger partial charge in [-0.3, -0.25) is 14.4 Å². The number of aromatic nitrogens is 2. The molecule has 0 saturated carbocycles. The standard InChI is InChI=1S/C29H29N5O4/c1-38-28(36)16-21-18-34(14-13-19-7-3-2-4-8-19)29(37)22-15-20(11-12-23(22)30-21)31-27(35)17-26-32-24-9-5-6-10-25(24)33-26/h2-12,15,21,30H,13-14,16-18H2,1H3,(H,31,35)(H,32,33). The average molecular weight is 512 g/mol. The minimum atomic E-state index is -0.351. The van der Waals surface area contributed by atoms with Gasteiger partial charge in [0, 0.05) is 24.5 Å². The maximum Gasteiger partial charge on any atom is 0.307 e. The van der Waals surface area contributed by atoms with Gasteiger partial charge in [0.05, 0.1) is 42.6 Å². The van der Waals surface area contributed by atoms with Crippen molar-refractivity contribution in [1.82, 2.24) is 14.9 Å². The lowest BCUT2D eigenvalue weighted by molar-refractivity contribution is -0.141. The lowest BCUT2D eigenvalue weighted by atomic mass is 10.1. The molecule has 0 spiro atoms. The fourth-order valence-corrected chi connectivity index (χ4v) is 4.66. The van der Waals surface area contributed by atoms with Crippen molar-refractivity contribution in [3.63, 3.8) is 0 Å². The second-order valence-corrected chi connectivity index (χ2v) is 9.29. The highest BCUT2D eigenvalue weighted by atomic mass is 16.5. The lowest BCUT2D eigenvalue weighted by Crippen LogP contribution is -2.39. The van der Waals surface area contributed by atoms with Gasteiger partial charge >= 0.3 is 5.97 Å². The largest absolute Gasteiger partial charge is 0.469 e. The Labute approximate surface area is 220 Å². The van der Waals surface area contributed by atoms with Gasteiger partial charge < -0.3 is 25.3 Å². The first-order valence-electron chi connectivity index (χ1n) is 12.5. The Morgan fingerprint density at radius 3 is 2.66 bits per heavy atom. The second-order valence-electron chi connectivity index (χ2n) is 9.29. The third kappa shape index (κ3) is 5.83. The first kappa shape index (κ1) is 25.0. The van der Waals surface area contributed by atoms with E-state index in [4.69, 9.17) is 4.74 Å². The summed E-state index contributed by atoms with van der Waals surface area (Å²) >= 11 is 0. The molecular formula is C29H29N5O4. The number of carbonyl (C=O) groups is 3. The number of hydrogen-bond acceptors (Lipinski definition) is 6. The smallest absolute Gasteiger partial charge is 0.307 e. The second kappa shape index (κ2) is 11.2. The summed E-state index contributed by atoms with van der Waals surface area (Å²) in [6.07, 6.45) is 0.879. The monoisotopic (exact) mass is 511 g/mol. The van der Waals surface area contributed by atoms with Crippen molar-refractivity contribution < 1.29 is 19.1 Å². The highest BCUT2D eigenvalue weighted by Gasteiger charge is 2.29. The van der Waals surface area contributed by atoms with Crippen molar-refractivity contribution in [2.45, 2.75) is 25.3 Å². The van der Waals surface area contributed by atoms with Crippen molar-refractivity contribution in [1.29, 1.82) is 0 Å². The summed E-state index contributed by atoms with van der Waals surface area (Å²) in [6.45, 7) is 0.841. The van der Waals surface area contributed by atoms with E-state index in [0.717, 1.165) is 16.6 Å². The molecule has 3 N–H and O–H groups in total. The van der Waals surface area contributed by atoms with Gasteiger partial charge in [0.15, 0.2) is 0 Å². The minimum Gasteiger partial charge on any atom is -0.469 e. The summed E-state index contributed by atoms with van der Waals surface area (Å²) in [4.78, 5) is 47.8. The van der Waals surface area contributed by atoms with E-state index in [0.29, 0.717) is 42.3 Å². The van der Waals surface area contributed by atoms with Crippen LogP contribution in [0.25, 0.3) is 11.0 Å². The molecule has 4 aromatic rings. The third-order valence-corrected chi connectivity index (χ3v) is 6.54. The number of amides is 2. The van der Waals surface area contributed by atoms with Crippen LogP contribution in [0.2, 0.25) is 0 Å². The zero-order chi connectivity index (χ0) is 26.5. The summed E-state index contributed by atoms with van der Waals surface area (Å²) in [7, 11) is 1.35. The molecule has 2 amide bonds. The van der Waals surface area contributed by atoms with E-state index < -0.39 is 0 Å². The van der Waals surface area contributed by atoms with Gasteiger partial charge in [-0.2, -0.15) is 0 Å². The van der Waals surface area contributed by atoms with E-state index >= 15 is 0 Å². The fourth-order valence-electron chi connectivity index (χ4n) is 4.66. The Morgan fingerprint density at radius 1 is 1.08 bits per heavy atom. The summed E-state index contributed by atoms with van der Waals surface area (Å²) in [5, 5.41) is 6.21. The number of benzene rings is 3. The van der Waals surface area contributed by atoms with Crippen LogP contribution in [0.5, 0.6) is 0 Å². The average Bonchev–Trinajstić information content (AvgIpc) is 3.28. The van der Waals surface area contributed by atoms with Crippen LogP contribution in [0.1, 0.15) is 28.2 Å². The maximum atomic E-state index is 13.6. The van der Waals surface area contributed by atoms with Crippen molar-refractivity contribution in [3.8, 4) is 0 Å². The number of methoxy groups -OCH3 is 1. The predicted octanol–water partition coefficient (Wildman–Crippen LogP) is 3.79. The van der Waals surface area contributed by atoms with E-state index in [1.165, 1.54) is 7.11 Å². The normalized spacial score (nSPS) is 14.9. The molecule has 0 bridgehead atoms. The Hall–Kier alpha value is -4.66. The van der Waals surface area contributed by atoms with Crippen LogP contribution in [0.15, 0.2) is 72.8 Å². The number of carbonyl (C=O) groups excluding carboxylic acids is 3. The number of hydrogen-bond donors (Lipinski definition) is 3. The van der Waals surface area contributed by atoms with Gasteiger partial charge in [-0.05, 0) is 42.3 Å². The Kier molecular flexibility index (Phi) is 7.35. The quantitative estimate of drug-likeness (QED) is 0.310. The van der Waals surface area contributed by atoms with Gasteiger partial charge in [-0.15, -0.1) is 0 Å². The number of nitrogens with one attached hydrogen (secondary N) is 3. The summed E-state index contributed by atoms with van der Waals surface area (Å²) in [5.74, 6) is -0.198. The molecule has 1 aromatic heterocycles. The molecular weight excluding hydrogens is 482 g/mol. The van der Waals surface area contributed by atoms with Crippen LogP contribution in [-0.4, -0.2) is 58.9 Å². The first-order valence-corrected chi connectivity index (χ1v) is 12.5. The zero-order valence-corrected chi connectivity index (χ0v) is 21.1. The van der Waals surface area contributed by atoms with E-state index in [1.807, 2.05) is 54.6 Å². The SMILES string of the molecule is COC(=O)CC1CN(CCc2ccccc2)C(=O)c2cc(NC(=O)Cc3nc4ccccc4[nH]3)ccc2N1. The van der Waals surface area contributed by atoms with E-state index in [1.54, 1.807) is 23.1 Å². The first-order chi connectivity index (χ1) is 18.5. The number of para-hydroxylation sites is 2. The van der Waals surface area contributed by atoms with E-state index in [2.05, 4.69) is 20.6 Å². The molecule has 0 radical (unpaired) electrons. The van der Waals surface area contributed by atoms with E-state index in [9.17, 15) is 14.4 Å². The van der Waals surface area contributed by atoms with Crippen LogP contribution in [0.3, 0.4) is 0 Å². The van der Waals surface area contributed by atoms with Crippen LogP contribution in [0, 0.1) is 0 Å². The predicted molar refractivity (Wildman–Crippen MR) is 145 cm³/mol. The Bertz CT molecular complexity index is 1430. The number of esters is 1. The van der Waals surface area contributed by atoms with Crippen molar-refractivity contribution in [2.75, 3.05) is 30.8 Å². The molecule has 0 fully saturated rings. The third-order valence-electron chi connectivity index (χ3n) is 6.54. The molecule has 9 heteroatoms. The van der Waals surface area contributed by atoms with Gasteiger partial charge in [0.1, 0.15) is 5.82 Å². The van der Waals surface area contributed by atoms with Crippen molar-refractivity contribution in [3.05, 3.63) is 89.7 Å². The maximum absolute atomic E-state index is 13.6. The number of anilines is 2. The number of imidazole rings is 1. The van der Waals surface area contributed by atoms with Crippen LogP contribution in [0.4, 0.5) is 11.4 Å². The van der Waals surface area contributed by atoms with Gasteiger partial charge in [0.2, 0.25) is 5.91 Å². The summed E-state index contributed by atoms with van der Waals surface area (Å²) in [6, 6.07) is 22.4. The summed E-state index contributed by atoms with van der Waals surface area (Å²) < 4.78 is 4.87. The molecule has 1 atom stereocenters. The van der Waals surface area contributed by atoms with E-state index in [-0.39, 0.29) is 36.7 Å². The minimum absolute atomic E-state index is 0.0718. The fraction of sp³-hybridized carbons (Fsp3) is 0.241. The van der Waals surface area contributed by atoms with Crippen molar-refractivity contribution in [2.24, 2.45) is 0 Å². The highest BCUT2D eigenvalue weighted by Crippen LogP contribution is 2.27. The molecule has 194 valence electrons. The van der Waals surface area contributed by atoms with Gasteiger partial charge in [0.25, 0.3) is 5.91 Å². The van der Waals surface area contributed by atoms with Crippen LogP contribution >= 0.6 is 0 Å². The van der Waals surface area contributed by atoms with Crippen LogP contribution < -0.4 is 10.6 Å². The topological polar surface area (TPSA) is 116 Å². The molecule has 38 heavy (non-hydrogen) atoms.